The number of nitrogens with zero attached hydrogens (tertiary/aromatic N) is 5. The number of aromatic nitrogens is 1. The van der Waals surface area contributed by atoms with E-state index < -0.39 is 0 Å². The van der Waals surface area contributed by atoms with Gasteiger partial charge in [0.25, 0.3) is 0 Å². The van der Waals surface area contributed by atoms with E-state index in [2.05, 4.69) is 25.1 Å². The minimum absolute atomic E-state index is 0. The minimum Gasteiger partial charge on any atom is -0.353 e. The Balaban J connectivity index is 0.00000320. The number of hydrogen-bond acceptors (Lipinski definition) is 4. The number of likely N-dealkylation sites (N-methyl/N-ethyl adjacent to an activating group) is 1. The third-order valence-corrected chi connectivity index (χ3v) is 5.11. The van der Waals surface area contributed by atoms with Gasteiger partial charge in [-0.25, -0.2) is 4.98 Å². The Morgan fingerprint density at radius 1 is 1.10 bits per heavy atom. The largest absolute Gasteiger partial charge is 0.353 e. The van der Waals surface area contributed by atoms with E-state index in [1.165, 1.54) is 0 Å². The Morgan fingerprint density at radius 3 is 2.40 bits per heavy atom. The van der Waals surface area contributed by atoms with E-state index in [0.29, 0.717) is 13.1 Å². The zero-order valence-corrected chi connectivity index (χ0v) is 20.0. The average molecular weight is 522 g/mol. The van der Waals surface area contributed by atoms with Gasteiger partial charge in [0.1, 0.15) is 5.82 Å². The van der Waals surface area contributed by atoms with Crippen LogP contribution in [0.3, 0.4) is 0 Å². The van der Waals surface area contributed by atoms with Crippen LogP contribution in [0.2, 0.25) is 0 Å². The van der Waals surface area contributed by atoms with Gasteiger partial charge < -0.3 is 20.0 Å². The highest BCUT2D eigenvalue weighted by atomic mass is 127. The molecule has 0 unspecified atom stereocenters. The average Bonchev–Trinajstić information content (AvgIpc) is 2.79. The third kappa shape index (κ3) is 6.58. The number of hydrogen-bond donors (Lipinski definition) is 1. The molecule has 30 heavy (non-hydrogen) atoms. The highest BCUT2D eigenvalue weighted by molar-refractivity contribution is 14.0. The molecule has 1 aromatic heterocycles. The van der Waals surface area contributed by atoms with Crippen molar-refractivity contribution in [3.05, 3.63) is 60.3 Å². The number of piperazine rings is 1. The molecule has 1 amide bonds. The van der Waals surface area contributed by atoms with Crippen LogP contribution in [-0.4, -0.2) is 73.0 Å². The predicted molar refractivity (Wildman–Crippen MR) is 132 cm³/mol. The Labute approximate surface area is 196 Å². The van der Waals surface area contributed by atoms with Crippen molar-refractivity contribution in [2.24, 2.45) is 4.99 Å². The molecule has 0 saturated carbocycles. The predicted octanol–water partition coefficient (Wildman–Crippen LogP) is 2.45. The first-order chi connectivity index (χ1) is 14.2. The molecule has 7 nitrogen and oxygen atoms in total. The maximum absolute atomic E-state index is 12.7. The molecule has 0 spiro atoms. The zero-order chi connectivity index (χ0) is 20.5. The summed E-state index contributed by atoms with van der Waals surface area (Å²) in [7, 11) is 1.76. The van der Waals surface area contributed by atoms with Gasteiger partial charge in [0.15, 0.2) is 5.96 Å². The van der Waals surface area contributed by atoms with Crippen molar-refractivity contribution in [2.75, 3.05) is 51.2 Å². The number of carbonyl (C=O) groups is 1. The van der Waals surface area contributed by atoms with E-state index in [0.717, 1.165) is 43.5 Å². The van der Waals surface area contributed by atoms with Crippen molar-refractivity contribution < 1.29 is 4.79 Å². The molecule has 1 aromatic carbocycles. The molecule has 1 aliphatic rings. The maximum Gasteiger partial charge on any atom is 0.242 e. The van der Waals surface area contributed by atoms with Crippen molar-refractivity contribution in [3.8, 4) is 0 Å². The zero-order valence-electron chi connectivity index (χ0n) is 17.7. The van der Waals surface area contributed by atoms with Crippen LogP contribution in [0.4, 0.5) is 5.82 Å². The molecule has 3 rings (SSSR count). The van der Waals surface area contributed by atoms with Crippen molar-refractivity contribution >= 4 is 41.7 Å². The summed E-state index contributed by atoms with van der Waals surface area (Å²) < 4.78 is 0. The normalized spacial score (nSPS) is 14.1. The molecule has 2 aromatic rings. The molecule has 0 atom stereocenters. The topological polar surface area (TPSA) is 64.1 Å². The van der Waals surface area contributed by atoms with Gasteiger partial charge in [0.05, 0.1) is 6.54 Å². The highest BCUT2D eigenvalue weighted by Gasteiger charge is 2.21. The first-order valence-electron chi connectivity index (χ1n) is 10.1. The van der Waals surface area contributed by atoms with Crippen LogP contribution in [0.15, 0.2) is 59.7 Å². The quantitative estimate of drug-likeness (QED) is 0.359. The summed E-state index contributed by atoms with van der Waals surface area (Å²) >= 11 is 0. The van der Waals surface area contributed by atoms with Crippen molar-refractivity contribution in [1.82, 2.24) is 20.1 Å². The molecule has 1 saturated heterocycles. The lowest BCUT2D eigenvalue weighted by atomic mass is 10.2. The van der Waals surface area contributed by atoms with Crippen LogP contribution in [0.25, 0.3) is 0 Å². The minimum atomic E-state index is 0. The number of aliphatic imine (C=N–C) groups is 1. The van der Waals surface area contributed by atoms with Gasteiger partial charge in [-0.3, -0.25) is 9.79 Å². The first-order valence-corrected chi connectivity index (χ1v) is 10.1. The van der Waals surface area contributed by atoms with E-state index in [4.69, 9.17) is 0 Å². The van der Waals surface area contributed by atoms with E-state index in [1.807, 2.05) is 66.6 Å². The number of anilines is 1. The number of nitrogens with one attached hydrogen (secondary N) is 1. The number of pyridine rings is 1. The second-order valence-corrected chi connectivity index (χ2v) is 6.96. The molecular weight excluding hydrogens is 491 g/mol. The molecule has 162 valence electrons. The highest BCUT2D eigenvalue weighted by Crippen LogP contribution is 2.12. The lowest BCUT2D eigenvalue weighted by Gasteiger charge is -2.37. The second kappa shape index (κ2) is 12.4. The molecule has 0 aliphatic carbocycles. The molecule has 8 heteroatoms. The van der Waals surface area contributed by atoms with Crippen molar-refractivity contribution in [3.63, 3.8) is 0 Å². The van der Waals surface area contributed by atoms with Gasteiger partial charge >= 0.3 is 0 Å². The van der Waals surface area contributed by atoms with E-state index in [-0.39, 0.29) is 36.4 Å². The Kier molecular flexibility index (Phi) is 9.85. The molecule has 0 bridgehead atoms. The van der Waals surface area contributed by atoms with Crippen LogP contribution in [-0.2, 0) is 11.3 Å². The van der Waals surface area contributed by atoms with Crippen LogP contribution in [0.5, 0.6) is 0 Å². The van der Waals surface area contributed by atoms with Crippen LogP contribution in [0, 0.1) is 0 Å². The summed E-state index contributed by atoms with van der Waals surface area (Å²) in [6, 6.07) is 16.0. The van der Waals surface area contributed by atoms with Crippen LogP contribution >= 0.6 is 24.0 Å². The first kappa shape index (κ1) is 23.9. The number of rotatable bonds is 6. The monoisotopic (exact) mass is 522 g/mol. The molecule has 2 heterocycles. The second-order valence-electron chi connectivity index (χ2n) is 6.96. The Morgan fingerprint density at radius 2 is 1.80 bits per heavy atom. The summed E-state index contributed by atoms with van der Waals surface area (Å²) in [6.07, 6.45) is 1.82. The smallest absolute Gasteiger partial charge is 0.242 e. The van der Waals surface area contributed by atoms with Crippen molar-refractivity contribution in [1.29, 1.82) is 0 Å². The molecule has 0 radical (unpaired) electrons. The Hall–Kier alpha value is -2.36. The summed E-state index contributed by atoms with van der Waals surface area (Å²) in [5.74, 6) is 1.85. The standard InChI is InChI=1S/C22H30N6O.HI/c1-3-26(18-19-9-5-4-6-10-19)21(29)17-25-22(23-2)28-15-13-27(14-16-28)20-11-7-8-12-24-20;/h4-12H,3,13-18H2,1-2H3,(H,23,25);1H. The van der Waals surface area contributed by atoms with Crippen LogP contribution < -0.4 is 10.2 Å². The summed E-state index contributed by atoms with van der Waals surface area (Å²) in [4.78, 5) is 27.8. The Bertz CT molecular complexity index is 794. The summed E-state index contributed by atoms with van der Waals surface area (Å²) in [6.45, 7) is 6.98. The molecular formula is C22H31IN6O. The fourth-order valence-corrected chi connectivity index (χ4v) is 3.47. The fourth-order valence-electron chi connectivity index (χ4n) is 3.47. The van der Waals surface area contributed by atoms with Gasteiger partial charge in [-0.05, 0) is 24.6 Å². The maximum atomic E-state index is 12.7. The molecule has 1 aliphatic heterocycles. The number of benzene rings is 1. The number of amides is 1. The van der Waals surface area contributed by atoms with E-state index >= 15 is 0 Å². The van der Waals surface area contributed by atoms with Gasteiger partial charge in [0, 0.05) is 52.5 Å². The van der Waals surface area contributed by atoms with Gasteiger partial charge in [-0.2, -0.15) is 0 Å². The SMILES string of the molecule is CCN(Cc1ccccc1)C(=O)CNC(=NC)N1CCN(c2ccccn2)CC1.I. The summed E-state index contributed by atoms with van der Waals surface area (Å²) in [5, 5.41) is 3.24. The number of halogens is 1. The number of carbonyl (C=O) groups excluding carboxylic acids is 1. The molecule has 1 N–H and O–H groups in total. The fraction of sp³-hybridized carbons (Fsp3) is 0.409. The lowest BCUT2D eigenvalue weighted by Crippen LogP contribution is -2.54. The third-order valence-electron chi connectivity index (χ3n) is 5.11. The van der Waals surface area contributed by atoms with Crippen LogP contribution in [0.1, 0.15) is 12.5 Å². The van der Waals surface area contributed by atoms with Gasteiger partial charge in [0.2, 0.25) is 5.91 Å². The van der Waals surface area contributed by atoms with E-state index in [1.54, 1.807) is 7.05 Å². The van der Waals surface area contributed by atoms with Crippen molar-refractivity contribution in [2.45, 2.75) is 13.5 Å². The van der Waals surface area contributed by atoms with Gasteiger partial charge in [-0.1, -0.05) is 36.4 Å². The lowest BCUT2D eigenvalue weighted by molar-refractivity contribution is -0.130. The van der Waals surface area contributed by atoms with Gasteiger partial charge in [-0.15, -0.1) is 24.0 Å². The number of guanidine groups is 1. The van der Waals surface area contributed by atoms with E-state index in [9.17, 15) is 4.79 Å². The molecule has 1 fully saturated rings. The summed E-state index contributed by atoms with van der Waals surface area (Å²) in [5.41, 5.74) is 1.14.